The van der Waals surface area contributed by atoms with E-state index in [-0.39, 0.29) is 0 Å². The Morgan fingerprint density at radius 3 is 2.56 bits per heavy atom. The predicted molar refractivity (Wildman–Crippen MR) is 72.5 cm³/mol. The van der Waals surface area contributed by atoms with Crippen LogP contribution in [0.4, 0.5) is 0 Å². The van der Waals surface area contributed by atoms with Gasteiger partial charge in [-0.3, -0.25) is 0 Å². The molecule has 0 fully saturated rings. The van der Waals surface area contributed by atoms with E-state index in [9.17, 15) is 0 Å². The first-order valence-electron chi connectivity index (χ1n) is 5.40. The number of benzene rings is 1. The van der Waals surface area contributed by atoms with Gasteiger partial charge in [0.05, 0.1) is 11.6 Å². The van der Waals surface area contributed by atoms with Crippen LogP contribution in [-0.4, -0.2) is 12.1 Å². The van der Waals surface area contributed by atoms with Crippen molar-refractivity contribution in [3.8, 4) is 11.8 Å². The Bertz CT molecular complexity index is 588. The zero-order valence-electron chi connectivity index (χ0n) is 9.85. The van der Waals surface area contributed by atoms with Gasteiger partial charge in [0, 0.05) is 6.20 Å². The van der Waals surface area contributed by atoms with Crippen LogP contribution in [-0.2, 0) is 6.42 Å². The number of hydrogen-bond donors (Lipinski definition) is 0. The van der Waals surface area contributed by atoms with E-state index in [1.165, 1.54) is 5.56 Å². The molecule has 3 nitrogen and oxygen atoms in total. The van der Waals surface area contributed by atoms with Gasteiger partial charge in [0.15, 0.2) is 5.69 Å². The van der Waals surface area contributed by atoms with E-state index >= 15 is 0 Å². The molecule has 0 spiro atoms. The standard InChI is InChI=1S/C14H11BrN2O/c1-18-12-4-2-10(3-5-12)6-11-7-13(15)14(8-16)17-9-11/h2-5,7,9H,6H2,1H3. The maximum atomic E-state index is 8.80. The molecule has 0 radical (unpaired) electrons. The first kappa shape index (κ1) is 12.6. The van der Waals surface area contributed by atoms with Crippen molar-refractivity contribution in [3.63, 3.8) is 0 Å². The molecule has 0 aliphatic rings. The molecule has 2 rings (SSSR count). The first-order valence-corrected chi connectivity index (χ1v) is 6.19. The molecule has 0 N–H and O–H groups in total. The lowest BCUT2D eigenvalue weighted by Gasteiger charge is -2.04. The molecule has 0 atom stereocenters. The molecular formula is C14H11BrN2O. The van der Waals surface area contributed by atoms with Crippen LogP contribution in [0.1, 0.15) is 16.8 Å². The van der Waals surface area contributed by atoms with Gasteiger partial charge in [0.1, 0.15) is 11.8 Å². The smallest absolute Gasteiger partial charge is 0.154 e. The van der Waals surface area contributed by atoms with Crippen molar-refractivity contribution in [1.82, 2.24) is 4.98 Å². The number of pyridine rings is 1. The average Bonchev–Trinajstić information content (AvgIpc) is 2.40. The molecule has 1 aromatic carbocycles. The number of halogens is 1. The van der Waals surface area contributed by atoms with Crippen molar-refractivity contribution in [2.45, 2.75) is 6.42 Å². The molecule has 0 aliphatic heterocycles. The highest BCUT2D eigenvalue weighted by atomic mass is 79.9. The molecular weight excluding hydrogens is 292 g/mol. The zero-order valence-corrected chi connectivity index (χ0v) is 11.4. The van der Waals surface area contributed by atoms with E-state index < -0.39 is 0 Å². The number of hydrogen-bond acceptors (Lipinski definition) is 3. The lowest BCUT2D eigenvalue weighted by Crippen LogP contribution is -1.92. The monoisotopic (exact) mass is 302 g/mol. The Morgan fingerprint density at radius 1 is 1.28 bits per heavy atom. The van der Waals surface area contributed by atoms with E-state index in [4.69, 9.17) is 10.00 Å². The second-order valence-corrected chi connectivity index (χ2v) is 4.66. The van der Waals surface area contributed by atoms with Crippen LogP contribution in [0.25, 0.3) is 0 Å². The summed E-state index contributed by atoms with van der Waals surface area (Å²) in [5.41, 5.74) is 2.65. The fourth-order valence-corrected chi connectivity index (χ4v) is 2.12. The highest BCUT2D eigenvalue weighted by Crippen LogP contribution is 2.19. The van der Waals surface area contributed by atoms with Gasteiger partial charge in [-0.1, -0.05) is 12.1 Å². The molecule has 2 aromatic rings. The van der Waals surface area contributed by atoms with Gasteiger partial charge in [-0.15, -0.1) is 0 Å². The van der Waals surface area contributed by atoms with Crippen LogP contribution in [0.2, 0.25) is 0 Å². The summed E-state index contributed by atoms with van der Waals surface area (Å²) < 4.78 is 5.85. The first-order chi connectivity index (χ1) is 8.72. The number of methoxy groups -OCH3 is 1. The molecule has 4 heteroatoms. The van der Waals surface area contributed by atoms with Crippen molar-refractivity contribution < 1.29 is 4.74 Å². The molecule has 0 saturated heterocycles. The summed E-state index contributed by atoms with van der Waals surface area (Å²) in [4.78, 5) is 4.09. The Kier molecular flexibility index (Phi) is 3.96. The Morgan fingerprint density at radius 2 is 2.00 bits per heavy atom. The van der Waals surface area contributed by atoms with Crippen LogP contribution in [0, 0.1) is 11.3 Å². The van der Waals surface area contributed by atoms with Gasteiger partial charge in [0.2, 0.25) is 0 Å². The van der Waals surface area contributed by atoms with Crippen molar-refractivity contribution >= 4 is 15.9 Å². The maximum absolute atomic E-state index is 8.80. The Balaban J connectivity index is 2.18. The van der Waals surface area contributed by atoms with Gasteiger partial charge in [0.25, 0.3) is 0 Å². The van der Waals surface area contributed by atoms with Gasteiger partial charge in [-0.2, -0.15) is 5.26 Å². The van der Waals surface area contributed by atoms with Crippen molar-refractivity contribution in [2.24, 2.45) is 0 Å². The van der Waals surface area contributed by atoms with Crippen LogP contribution in [0.15, 0.2) is 41.0 Å². The van der Waals surface area contributed by atoms with Crippen molar-refractivity contribution in [1.29, 1.82) is 5.26 Å². The average molecular weight is 303 g/mol. The van der Waals surface area contributed by atoms with E-state index in [2.05, 4.69) is 20.9 Å². The molecule has 90 valence electrons. The largest absolute Gasteiger partial charge is 0.497 e. The third kappa shape index (κ3) is 2.88. The number of nitriles is 1. The molecule has 0 unspecified atom stereocenters. The second-order valence-electron chi connectivity index (χ2n) is 3.81. The summed E-state index contributed by atoms with van der Waals surface area (Å²) in [6.45, 7) is 0. The van der Waals surface area contributed by atoms with Crippen molar-refractivity contribution in [2.75, 3.05) is 7.11 Å². The fourth-order valence-electron chi connectivity index (χ4n) is 1.64. The van der Waals surface area contributed by atoms with Gasteiger partial charge >= 0.3 is 0 Å². The Labute approximate surface area is 114 Å². The highest BCUT2D eigenvalue weighted by molar-refractivity contribution is 9.10. The Hall–Kier alpha value is -1.86. The summed E-state index contributed by atoms with van der Waals surface area (Å²) in [7, 11) is 1.65. The molecule has 0 saturated carbocycles. The predicted octanol–water partition coefficient (Wildman–Crippen LogP) is 3.32. The van der Waals surface area contributed by atoms with Gasteiger partial charge in [-0.05, 0) is 51.7 Å². The lowest BCUT2D eigenvalue weighted by atomic mass is 10.1. The quantitative estimate of drug-likeness (QED) is 0.874. The van der Waals surface area contributed by atoms with Crippen LogP contribution >= 0.6 is 15.9 Å². The number of rotatable bonds is 3. The molecule has 0 aliphatic carbocycles. The molecule has 1 aromatic heterocycles. The molecule has 1 heterocycles. The minimum absolute atomic E-state index is 0.411. The van der Waals surface area contributed by atoms with E-state index in [1.807, 2.05) is 36.4 Å². The molecule has 0 amide bonds. The summed E-state index contributed by atoms with van der Waals surface area (Å²) in [5.74, 6) is 0.845. The SMILES string of the molecule is COc1ccc(Cc2cnc(C#N)c(Br)c2)cc1. The lowest BCUT2D eigenvalue weighted by molar-refractivity contribution is 0.414. The van der Waals surface area contributed by atoms with Crippen LogP contribution < -0.4 is 4.74 Å². The highest BCUT2D eigenvalue weighted by Gasteiger charge is 2.03. The van der Waals surface area contributed by atoms with E-state index in [1.54, 1.807) is 13.3 Å². The van der Waals surface area contributed by atoms with Gasteiger partial charge < -0.3 is 4.74 Å². The number of nitrogens with zero attached hydrogens (tertiary/aromatic N) is 2. The normalized spacial score (nSPS) is 9.83. The number of ether oxygens (including phenoxy) is 1. The van der Waals surface area contributed by atoms with E-state index in [0.717, 1.165) is 22.2 Å². The molecule has 0 bridgehead atoms. The topological polar surface area (TPSA) is 45.9 Å². The summed E-state index contributed by atoms with van der Waals surface area (Å²) >= 11 is 3.34. The fraction of sp³-hybridized carbons (Fsp3) is 0.143. The van der Waals surface area contributed by atoms with Crippen LogP contribution in [0.5, 0.6) is 5.75 Å². The van der Waals surface area contributed by atoms with E-state index in [0.29, 0.717) is 5.69 Å². The number of aromatic nitrogens is 1. The summed E-state index contributed by atoms with van der Waals surface area (Å²) in [6, 6.07) is 11.9. The molecule has 18 heavy (non-hydrogen) atoms. The minimum Gasteiger partial charge on any atom is -0.497 e. The van der Waals surface area contributed by atoms with Gasteiger partial charge in [-0.25, -0.2) is 4.98 Å². The van der Waals surface area contributed by atoms with Crippen LogP contribution in [0.3, 0.4) is 0 Å². The third-order valence-corrected chi connectivity index (χ3v) is 3.18. The third-order valence-electron chi connectivity index (χ3n) is 2.57. The minimum atomic E-state index is 0.411. The van der Waals surface area contributed by atoms with Crippen molar-refractivity contribution in [3.05, 3.63) is 57.8 Å². The maximum Gasteiger partial charge on any atom is 0.154 e. The summed E-state index contributed by atoms with van der Waals surface area (Å²) in [6.07, 6.45) is 2.51. The zero-order chi connectivity index (χ0) is 13.0. The summed E-state index contributed by atoms with van der Waals surface area (Å²) in [5, 5.41) is 8.80. The second kappa shape index (κ2) is 5.65.